The monoisotopic (exact) mass is 504 g/mol. The Morgan fingerprint density at radius 3 is 2.67 bits per heavy atom. The Bertz CT molecular complexity index is 1110. The Balaban J connectivity index is 1.55. The molecule has 0 aliphatic heterocycles. The smallest absolute Gasteiger partial charge is 0.234 e. The third-order valence-electron chi connectivity index (χ3n) is 4.88. The van der Waals surface area contributed by atoms with Crippen LogP contribution in [0.15, 0.2) is 54.2 Å². The number of thioether (sulfide) groups is 1. The second kappa shape index (κ2) is 12.1. The van der Waals surface area contributed by atoms with Crippen molar-refractivity contribution in [3.63, 3.8) is 0 Å². The van der Waals surface area contributed by atoms with Crippen molar-refractivity contribution in [2.75, 3.05) is 17.7 Å². The summed E-state index contributed by atoms with van der Waals surface area (Å²) >= 11 is 13.4. The average molecular weight is 505 g/mol. The van der Waals surface area contributed by atoms with Gasteiger partial charge in [-0.1, -0.05) is 59.2 Å². The summed E-state index contributed by atoms with van der Waals surface area (Å²) in [4.78, 5) is 12.5. The molecule has 0 bridgehead atoms. The number of allylic oxidation sites excluding steroid dienone is 1. The molecule has 3 aromatic rings. The predicted octanol–water partition coefficient (Wildman–Crippen LogP) is 6.13. The van der Waals surface area contributed by atoms with Gasteiger partial charge in [-0.25, -0.2) is 0 Å². The van der Waals surface area contributed by atoms with Gasteiger partial charge >= 0.3 is 0 Å². The number of amides is 1. The lowest BCUT2D eigenvalue weighted by molar-refractivity contribution is -0.113. The van der Waals surface area contributed by atoms with Crippen molar-refractivity contribution in [1.29, 1.82) is 0 Å². The van der Waals surface area contributed by atoms with Gasteiger partial charge in [0.2, 0.25) is 5.91 Å². The molecule has 3 rings (SSSR count). The zero-order chi connectivity index (χ0) is 23.8. The van der Waals surface area contributed by atoms with Gasteiger partial charge in [0, 0.05) is 23.7 Å². The number of hydrogen-bond acceptors (Lipinski definition) is 5. The first-order valence-electron chi connectivity index (χ1n) is 10.5. The van der Waals surface area contributed by atoms with E-state index in [2.05, 4.69) is 22.1 Å². The second-order valence-corrected chi connectivity index (χ2v) is 9.21. The van der Waals surface area contributed by atoms with Crippen molar-refractivity contribution in [2.45, 2.75) is 38.4 Å². The summed E-state index contributed by atoms with van der Waals surface area (Å²) in [6, 6.07) is 11.1. The van der Waals surface area contributed by atoms with Crippen molar-refractivity contribution < 1.29 is 9.53 Å². The highest BCUT2D eigenvalue weighted by atomic mass is 35.5. The van der Waals surface area contributed by atoms with Crippen LogP contribution in [0.25, 0.3) is 0 Å². The van der Waals surface area contributed by atoms with E-state index in [1.165, 1.54) is 11.8 Å². The second-order valence-electron chi connectivity index (χ2n) is 7.43. The maximum absolute atomic E-state index is 12.5. The normalized spacial score (nSPS) is 10.8. The van der Waals surface area contributed by atoms with E-state index in [1.54, 1.807) is 24.3 Å². The molecule has 1 aromatic heterocycles. The molecule has 1 N–H and O–H groups in total. The summed E-state index contributed by atoms with van der Waals surface area (Å²) in [5.74, 6) is 1.57. The van der Waals surface area contributed by atoms with Crippen LogP contribution in [0.2, 0.25) is 10.0 Å². The minimum absolute atomic E-state index is 0.0830. The number of aromatic nitrogens is 3. The van der Waals surface area contributed by atoms with Crippen molar-refractivity contribution in [3.05, 3.63) is 76.0 Å². The van der Waals surface area contributed by atoms with Gasteiger partial charge in [0.1, 0.15) is 11.6 Å². The lowest BCUT2D eigenvalue weighted by Crippen LogP contribution is -2.16. The molecule has 0 aliphatic carbocycles. The van der Waals surface area contributed by atoms with E-state index in [-0.39, 0.29) is 11.7 Å². The molecule has 0 spiro atoms. The first-order chi connectivity index (χ1) is 15.9. The number of carbonyl (C=O) groups is 1. The van der Waals surface area contributed by atoms with Crippen LogP contribution >= 0.6 is 35.0 Å². The Labute approximate surface area is 208 Å². The van der Waals surface area contributed by atoms with Crippen molar-refractivity contribution in [2.24, 2.45) is 0 Å². The minimum atomic E-state index is -0.0830. The Morgan fingerprint density at radius 1 is 1.21 bits per heavy atom. The number of para-hydroxylation sites is 1. The van der Waals surface area contributed by atoms with Crippen LogP contribution in [0.5, 0.6) is 5.75 Å². The van der Waals surface area contributed by atoms with Crippen LogP contribution in [-0.4, -0.2) is 33.0 Å². The van der Waals surface area contributed by atoms with Gasteiger partial charge in [-0.3, -0.25) is 4.79 Å². The molecule has 0 aliphatic rings. The molecule has 1 amide bonds. The van der Waals surface area contributed by atoms with Crippen LogP contribution in [0, 0.1) is 13.8 Å². The molecule has 0 fully saturated rings. The third kappa shape index (κ3) is 7.00. The first kappa shape index (κ1) is 25.1. The molecule has 9 heteroatoms. The fraction of sp³-hybridized carbons (Fsp3) is 0.292. The summed E-state index contributed by atoms with van der Waals surface area (Å²) in [7, 11) is 0. The van der Waals surface area contributed by atoms with Crippen LogP contribution in [0.4, 0.5) is 5.69 Å². The standard InChI is InChI=1S/C24H26Cl2N4O2S/c1-4-12-30-21(9-6-13-32-20-11-10-18(25)14-19(20)26)28-29-24(30)33-15-22(31)27-23-16(2)7-5-8-17(23)3/h4-5,7-8,10-11,14H,1,6,9,12-13,15H2,2-3H3,(H,27,31). The Morgan fingerprint density at radius 2 is 1.97 bits per heavy atom. The van der Waals surface area contributed by atoms with Gasteiger partial charge in [-0.2, -0.15) is 0 Å². The van der Waals surface area contributed by atoms with E-state index in [0.717, 1.165) is 29.1 Å². The van der Waals surface area contributed by atoms with E-state index in [0.29, 0.717) is 40.5 Å². The zero-order valence-corrected chi connectivity index (χ0v) is 20.9. The first-order valence-corrected chi connectivity index (χ1v) is 12.2. The van der Waals surface area contributed by atoms with Gasteiger partial charge in [-0.15, -0.1) is 16.8 Å². The molecule has 0 atom stereocenters. The van der Waals surface area contributed by atoms with Crippen LogP contribution < -0.4 is 10.1 Å². The molecule has 174 valence electrons. The molecular formula is C24H26Cl2N4O2S. The van der Waals surface area contributed by atoms with Crippen molar-refractivity contribution in [3.8, 4) is 5.75 Å². The fourth-order valence-corrected chi connectivity index (χ4v) is 4.47. The highest BCUT2D eigenvalue weighted by Crippen LogP contribution is 2.28. The third-order valence-corrected chi connectivity index (χ3v) is 6.38. The number of aryl methyl sites for hydroxylation is 3. The molecule has 0 unspecified atom stereocenters. The number of ether oxygens (including phenoxy) is 1. The van der Waals surface area contributed by atoms with Crippen LogP contribution in [0.3, 0.4) is 0 Å². The largest absolute Gasteiger partial charge is 0.492 e. The SMILES string of the molecule is C=CCn1c(CCCOc2ccc(Cl)cc2Cl)nnc1SCC(=O)Nc1c(C)cccc1C. The minimum Gasteiger partial charge on any atom is -0.492 e. The summed E-state index contributed by atoms with van der Waals surface area (Å²) in [5, 5.41) is 13.3. The quantitative estimate of drug-likeness (QED) is 0.193. The lowest BCUT2D eigenvalue weighted by Gasteiger charge is -2.12. The summed E-state index contributed by atoms with van der Waals surface area (Å²) < 4.78 is 7.72. The number of halogens is 2. The summed E-state index contributed by atoms with van der Waals surface area (Å²) in [5.41, 5.74) is 2.93. The number of nitrogens with zero attached hydrogens (tertiary/aromatic N) is 3. The van der Waals surface area contributed by atoms with E-state index in [4.69, 9.17) is 27.9 Å². The summed E-state index contributed by atoms with van der Waals surface area (Å²) in [6.07, 6.45) is 3.19. The topological polar surface area (TPSA) is 69.0 Å². The maximum Gasteiger partial charge on any atom is 0.234 e. The highest BCUT2D eigenvalue weighted by molar-refractivity contribution is 7.99. The number of anilines is 1. The van der Waals surface area contributed by atoms with Crippen molar-refractivity contribution >= 4 is 46.6 Å². The van der Waals surface area contributed by atoms with Gasteiger partial charge in [0.25, 0.3) is 0 Å². The molecule has 33 heavy (non-hydrogen) atoms. The molecule has 6 nitrogen and oxygen atoms in total. The predicted molar refractivity (Wildman–Crippen MR) is 136 cm³/mol. The number of carbonyl (C=O) groups excluding carboxylic acids is 1. The van der Waals surface area contributed by atoms with Gasteiger partial charge in [0.05, 0.1) is 17.4 Å². The van der Waals surface area contributed by atoms with Gasteiger partial charge in [-0.05, 0) is 49.6 Å². The van der Waals surface area contributed by atoms with E-state index in [1.807, 2.05) is 36.6 Å². The number of nitrogens with one attached hydrogen (secondary N) is 1. The molecular weight excluding hydrogens is 479 g/mol. The Kier molecular flexibility index (Phi) is 9.23. The average Bonchev–Trinajstić information content (AvgIpc) is 3.15. The van der Waals surface area contributed by atoms with E-state index < -0.39 is 0 Å². The lowest BCUT2D eigenvalue weighted by atomic mass is 10.1. The van der Waals surface area contributed by atoms with Gasteiger partial charge in [0.15, 0.2) is 5.16 Å². The Hall–Kier alpha value is -2.48. The number of benzene rings is 2. The summed E-state index contributed by atoms with van der Waals surface area (Å²) in [6.45, 7) is 8.82. The highest BCUT2D eigenvalue weighted by Gasteiger charge is 2.14. The molecule has 0 radical (unpaired) electrons. The van der Waals surface area contributed by atoms with E-state index >= 15 is 0 Å². The number of rotatable bonds is 11. The molecule has 0 saturated heterocycles. The van der Waals surface area contributed by atoms with E-state index in [9.17, 15) is 4.79 Å². The van der Waals surface area contributed by atoms with Crippen LogP contribution in [0.1, 0.15) is 23.4 Å². The molecule has 1 heterocycles. The number of hydrogen-bond donors (Lipinski definition) is 1. The van der Waals surface area contributed by atoms with Gasteiger partial charge < -0.3 is 14.6 Å². The van der Waals surface area contributed by atoms with Crippen molar-refractivity contribution in [1.82, 2.24) is 14.8 Å². The maximum atomic E-state index is 12.5. The fourth-order valence-electron chi connectivity index (χ4n) is 3.25. The van der Waals surface area contributed by atoms with Crippen LogP contribution in [-0.2, 0) is 17.8 Å². The molecule has 0 saturated carbocycles. The zero-order valence-electron chi connectivity index (χ0n) is 18.6. The molecule has 2 aromatic carbocycles.